The molecule has 0 aliphatic heterocycles. The highest BCUT2D eigenvalue weighted by molar-refractivity contribution is 9.10. The molecule has 0 radical (unpaired) electrons. The number of rotatable bonds is 8. The zero-order chi connectivity index (χ0) is 15.7. The number of halogens is 1. The second-order valence-corrected chi connectivity index (χ2v) is 5.17. The van der Waals surface area contributed by atoms with Gasteiger partial charge in [-0.2, -0.15) is 0 Å². The molecule has 114 valence electrons. The monoisotopic (exact) mass is 354 g/mol. The van der Waals surface area contributed by atoms with E-state index < -0.39 is 12.0 Å². The molecule has 1 atom stereocenters. The van der Waals surface area contributed by atoms with Crippen molar-refractivity contribution in [2.75, 3.05) is 18.5 Å². The van der Waals surface area contributed by atoms with Crippen LogP contribution in [0.4, 0.5) is 5.69 Å². The van der Waals surface area contributed by atoms with E-state index in [9.17, 15) is 9.59 Å². The van der Waals surface area contributed by atoms with Crippen LogP contribution < -0.4 is 10.6 Å². The number of carbonyl (C=O) groups excluding carboxylic acids is 2. The average molecular weight is 355 g/mol. The zero-order valence-corrected chi connectivity index (χ0v) is 13.5. The van der Waals surface area contributed by atoms with Gasteiger partial charge in [0, 0.05) is 10.2 Å². The van der Waals surface area contributed by atoms with Gasteiger partial charge in [0.25, 0.3) is 0 Å². The van der Waals surface area contributed by atoms with Crippen LogP contribution in [0, 0.1) is 0 Å². The molecule has 2 N–H and O–H groups in total. The fraction of sp³-hybridized carbons (Fsp3) is 0.333. The quantitative estimate of drug-likeness (QED) is 0.555. The summed E-state index contributed by atoms with van der Waals surface area (Å²) in [5.41, 5.74) is 0.816. The van der Waals surface area contributed by atoms with Crippen molar-refractivity contribution < 1.29 is 14.3 Å². The Bertz CT molecular complexity index is 488. The Kier molecular flexibility index (Phi) is 7.53. The topological polar surface area (TPSA) is 67.4 Å². The zero-order valence-electron chi connectivity index (χ0n) is 11.9. The molecule has 0 spiro atoms. The second kappa shape index (κ2) is 9.18. The number of anilines is 1. The highest BCUT2D eigenvalue weighted by atomic mass is 79.9. The van der Waals surface area contributed by atoms with Crippen LogP contribution in [0.3, 0.4) is 0 Å². The van der Waals surface area contributed by atoms with Crippen LogP contribution in [0.15, 0.2) is 41.4 Å². The van der Waals surface area contributed by atoms with Crippen LogP contribution in [0.5, 0.6) is 0 Å². The lowest BCUT2D eigenvalue weighted by molar-refractivity contribution is -0.143. The predicted octanol–water partition coefficient (Wildman–Crippen LogP) is 2.49. The van der Waals surface area contributed by atoms with Crippen molar-refractivity contribution >= 4 is 33.5 Å². The van der Waals surface area contributed by atoms with Crippen LogP contribution in [-0.2, 0) is 14.3 Å². The molecule has 0 aliphatic carbocycles. The van der Waals surface area contributed by atoms with E-state index in [2.05, 4.69) is 33.1 Å². The summed E-state index contributed by atoms with van der Waals surface area (Å²) in [4.78, 5) is 23.3. The van der Waals surface area contributed by atoms with E-state index in [1.165, 1.54) is 0 Å². The fourth-order valence-corrected chi connectivity index (χ4v) is 1.90. The van der Waals surface area contributed by atoms with Crippen molar-refractivity contribution in [3.63, 3.8) is 0 Å². The van der Waals surface area contributed by atoms with E-state index in [4.69, 9.17) is 4.74 Å². The van der Waals surface area contributed by atoms with Gasteiger partial charge in [0.05, 0.1) is 6.61 Å². The summed E-state index contributed by atoms with van der Waals surface area (Å²) in [6.45, 7) is 5.52. The smallest absolute Gasteiger partial charge is 0.325 e. The van der Waals surface area contributed by atoms with E-state index in [1.807, 2.05) is 24.3 Å². The van der Waals surface area contributed by atoms with Gasteiger partial charge in [-0.15, -0.1) is 6.58 Å². The minimum atomic E-state index is -0.488. The molecular formula is C15H19BrN2O3. The molecule has 21 heavy (non-hydrogen) atoms. The third-order valence-corrected chi connectivity index (χ3v) is 3.14. The lowest BCUT2D eigenvalue weighted by Gasteiger charge is -2.18. The van der Waals surface area contributed by atoms with Crippen LogP contribution in [0.1, 0.15) is 13.3 Å². The summed E-state index contributed by atoms with van der Waals surface area (Å²) in [6, 6.07) is 6.99. The summed E-state index contributed by atoms with van der Waals surface area (Å²) >= 11 is 3.35. The average Bonchev–Trinajstić information content (AvgIpc) is 2.47. The molecule has 0 unspecified atom stereocenters. The highest BCUT2D eigenvalue weighted by Gasteiger charge is 2.17. The van der Waals surface area contributed by atoms with Crippen molar-refractivity contribution in [2.24, 2.45) is 0 Å². The number of hydrogen-bond donors (Lipinski definition) is 2. The van der Waals surface area contributed by atoms with Crippen molar-refractivity contribution in [1.29, 1.82) is 0 Å². The van der Waals surface area contributed by atoms with Gasteiger partial charge in [0.1, 0.15) is 12.6 Å². The number of hydrogen-bond acceptors (Lipinski definition) is 4. The molecule has 1 amide bonds. The molecule has 0 aliphatic rings. The Hall–Kier alpha value is -1.82. The minimum Gasteiger partial charge on any atom is -0.465 e. The van der Waals surface area contributed by atoms with Gasteiger partial charge in [-0.3, -0.25) is 9.59 Å². The number of benzene rings is 1. The normalized spacial score (nSPS) is 11.3. The Labute approximate surface area is 132 Å². The van der Waals surface area contributed by atoms with Gasteiger partial charge >= 0.3 is 5.97 Å². The van der Waals surface area contributed by atoms with Crippen LogP contribution >= 0.6 is 15.9 Å². The Balaban J connectivity index is 2.59. The number of esters is 1. The van der Waals surface area contributed by atoms with Gasteiger partial charge in [0.2, 0.25) is 5.91 Å². The van der Waals surface area contributed by atoms with Crippen LogP contribution in [0.2, 0.25) is 0 Å². The fourth-order valence-electron chi connectivity index (χ4n) is 1.64. The molecule has 1 aromatic carbocycles. The Morgan fingerprint density at radius 1 is 1.38 bits per heavy atom. The van der Waals surface area contributed by atoms with Crippen molar-refractivity contribution in [3.8, 4) is 0 Å². The van der Waals surface area contributed by atoms with E-state index in [0.29, 0.717) is 13.0 Å². The Morgan fingerprint density at radius 3 is 2.62 bits per heavy atom. The number of nitrogens with one attached hydrogen (secondary N) is 2. The maximum Gasteiger partial charge on any atom is 0.325 e. The first-order chi connectivity index (χ1) is 10.1. The largest absolute Gasteiger partial charge is 0.465 e. The van der Waals surface area contributed by atoms with Crippen LogP contribution in [0.25, 0.3) is 0 Å². The molecule has 0 bridgehead atoms. The first-order valence-corrected chi connectivity index (χ1v) is 7.42. The summed E-state index contributed by atoms with van der Waals surface area (Å²) < 4.78 is 5.72. The molecule has 5 nitrogen and oxygen atoms in total. The van der Waals surface area contributed by atoms with Crippen molar-refractivity contribution in [2.45, 2.75) is 19.4 Å². The Morgan fingerprint density at radius 2 is 2.05 bits per heavy atom. The molecule has 0 heterocycles. The lowest BCUT2D eigenvalue weighted by atomic mass is 10.1. The standard InChI is InChI=1S/C15H19BrN2O3/c1-3-5-13(15(20)17-10-14(19)21-4-2)18-12-8-6-11(16)7-9-12/h3,6-9,13,18H,1,4-5,10H2,2H3,(H,17,20)/t13-/m0/s1. The molecular weight excluding hydrogens is 336 g/mol. The molecule has 0 fully saturated rings. The van der Waals surface area contributed by atoms with Gasteiger partial charge in [-0.05, 0) is 37.6 Å². The molecule has 0 saturated heterocycles. The SMILES string of the molecule is C=CC[C@H](Nc1ccc(Br)cc1)C(=O)NCC(=O)OCC. The van der Waals surface area contributed by atoms with Gasteiger partial charge in [0.15, 0.2) is 0 Å². The van der Waals surface area contributed by atoms with Gasteiger partial charge < -0.3 is 15.4 Å². The van der Waals surface area contributed by atoms with E-state index in [-0.39, 0.29) is 12.5 Å². The van der Waals surface area contributed by atoms with Gasteiger partial charge in [-0.25, -0.2) is 0 Å². The maximum atomic E-state index is 12.1. The number of ether oxygens (including phenoxy) is 1. The van der Waals surface area contributed by atoms with E-state index in [1.54, 1.807) is 13.0 Å². The third kappa shape index (κ3) is 6.44. The third-order valence-electron chi connectivity index (χ3n) is 2.62. The van der Waals surface area contributed by atoms with Crippen LogP contribution in [-0.4, -0.2) is 31.1 Å². The highest BCUT2D eigenvalue weighted by Crippen LogP contribution is 2.15. The summed E-state index contributed by atoms with van der Waals surface area (Å²) in [5.74, 6) is -0.724. The number of carbonyl (C=O) groups is 2. The first kappa shape index (κ1) is 17.2. The molecule has 1 aromatic rings. The predicted molar refractivity (Wildman–Crippen MR) is 86.0 cm³/mol. The van der Waals surface area contributed by atoms with E-state index in [0.717, 1.165) is 10.2 Å². The lowest BCUT2D eigenvalue weighted by Crippen LogP contribution is -2.41. The maximum absolute atomic E-state index is 12.1. The molecule has 0 aromatic heterocycles. The molecule has 0 saturated carbocycles. The number of amides is 1. The van der Waals surface area contributed by atoms with E-state index >= 15 is 0 Å². The van der Waals surface area contributed by atoms with Crippen molar-refractivity contribution in [3.05, 3.63) is 41.4 Å². The molecule has 1 rings (SSSR count). The molecule has 6 heteroatoms. The second-order valence-electron chi connectivity index (χ2n) is 4.25. The minimum absolute atomic E-state index is 0.137. The first-order valence-electron chi connectivity index (χ1n) is 6.63. The van der Waals surface area contributed by atoms with Gasteiger partial charge in [-0.1, -0.05) is 22.0 Å². The summed E-state index contributed by atoms with van der Waals surface area (Å²) in [7, 11) is 0. The summed E-state index contributed by atoms with van der Waals surface area (Å²) in [5, 5.41) is 5.66. The summed E-state index contributed by atoms with van der Waals surface area (Å²) in [6.07, 6.45) is 2.10. The van der Waals surface area contributed by atoms with Crippen molar-refractivity contribution in [1.82, 2.24) is 5.32 Å².